The SMILES string of the molecule is CC1CNCCN1C(=O)Nc1cccc(Cl)c1. The zero-order valence-corrected chi connectivity index (χ0v) is 10.5. The fourth-order valence-electron chi connectivity index (χ4n) is 1.90. The maximum absolute atomic E-state index is 12.0. The van der Waals surface area contributed by atoms with Crippen LogP contribution in [0.1, 0.15) is 6.92 Å². The first-order chi connectivity index (χ1) is 8.16. The van der Waals surface area contributed by atoms with Crippen LogP contribution in [0.15, 0.2) is 24.3 Å². The third kappa shape index (κ3) is 3.11. The zero-order valence-electron chi connectivity index (χ0n) is 9.74. The molecule has 1 fully saturated rings. The number of nitrogens with one attached hydrogen (secondary N) is 2. The molecule has 1 aliphatic rings. The van der Waals surface area contributed by atoms with Gasteiger partial charge < -0.3 is 15.5 Å². The van der Waals surface area contributed by atoms with Gasteiger partial charge in [0.2, 0.25) is 0 Å². The van der Waals surface area contributed by atoms with Gasteiger partial charge in [-0.15, -0.1) is 0 Å². The van der Waals surface area contributed by atoms with Gasteiger partial charge in [-0.3, -0.25) is 0 Å². The minimum absolute atomic E-state index is 0.0683. The van der Waals surface area contributed by atoms with E-state index in [1.807, 2.05) is 24.0 Å². The van der Waals surface area contributed by atoms with E-state index >= 15 is 0 Å². The number of rotatable bonds is 1. The molecule has 4 nitrogen and oxygen atoms in total. The summed E-state index contributed by atoms with van der Waals surface area (Å²) in [6.45, 7) is 4.44. The molecule has 5 heteroatoms. The molecule has 0 spiro atoms. The maximum Gasteiger partial charge on any atom is 0.322 e. The van der Waals surface area contributed by atoms with E-state index in [1.165, 1.54) is 0 Å². The van der Waals surface area contributed by atoms with Crippen molar-refractivity contribution < 1.29 is 4.79 Å². The second-order valence-corrected chi connectivity index (χ2v) is 4.62. The van der Waals surface area contributed by atoms with E-state index in [1.54, 1.807) is 12.1 Å². The topological polar surface area (TPSA) is 44.4 Å². The highest BCUT2D eigenvalue weighted by Gasteiger charge is 2.22. The van der Waals surface area contributed by atoms with Gasteiger partial charge >= 0.3 is 6.03 Å². The number of halogens is 1. The fraction of sp³-hybridized carbons (Fsp3) is 0.417. The molecule has 1 aliphatic heterocycles. The Labute approximate surface area is 106 Å². The maximum atomic E-state index is 12.0. The molecule has 92 valence electrons. The highest BCUT2D eigenvalue weighted by atomic mass is 35.5. The Kier molecular flexibility index (Phi) is 3.86. The molecule has 1 saturated heterocycles. The molecule has 0 aliphatic carbocycles. The Morgan fingerprint density at radius 1 is 1.59 bits per heavy atom. The summed E-state index contributed by atoms with van der Waals surface area (Å²) in [5.41, 5.74) is 0.730. The lowest BCUT2D eigenvalue weighted by Crippen LogP contribution is -2.53. The average molecular weight is 254 g/mol. The molecule has 0 radical (unpaired) electrons. The fourth-order valence-corrected chi connectivity index (χ4v) is 2.09. The third-order valence-electron chi connectivity index (χ3n) is 2.84. The Balaban J connectivity index is 2.01. The molecule has 2 N–H and O–H groups in total. The number of carbonyl (C=O) groups is 1. The first-order valence-corrected chi connectivity index (χ1v) is 6.08. The van der Waals surface area contributed by atoms with Gasteiger partial charge in [-0.05, 0) is 25.1 Å². The van der Waals surface area contributed by atoms with Gasteiger partial charge in [-0.25, -0.2) is 4.79 Å². The summed E-state index contributed by atoms with van der Waals surface area (Å²) in [5.74, 6) is 0. The average Bonchev–Trinajstić information content (AvgIpc) is 2.29. The monoisotopic (exact) mass is 253 g/mol. The number of nitrogens with zero attached hydrogens (tertiary/aromatic N) is 1. The number of anilines is 1. The van der Waals surface area contributed by atoms with Crippen LogP contribution < -0.4 is 10.6 Å². The molecular weight excluding hydrogens is 238 g/mol. The van der Waals surface area contributed by atoms with Crippen LogP contribution in [0.4, 0.5) is 10.5 Å². The normalized spacial score (nSPS) is 20.1. The summed E-state index contributed by atoms with van der Waals surface area (Å²) in [6, 6.07) is 7.32. The van der Waals surface area contributed by atoms with Crippen molar-refractivity contribution in [1.29, 1.82) is 0 Å². The smallest absolute Gasteiger partial charge is 0.319 e. The van der Waals surface area contributed by atoms with Crippen LogP contribution in [0.3, 0.4) is 0 Å². The first-order valence-electron chi connectivity index (χ1n) is 5.71. The molecule has 1 aromatic rings. The number of hydrogen-bond acceptors (Lipinski definition) is 2. The molecule has 17 heavy (non-hydrogen) atoms. The lowest BCUT2D eigenvalue weighted by molar-refractivity contribution is 0.177. The highest BCUT2D eigenvalue weighted by molar-refractivity contribution is 6.30. The van der Waals surface area contributed by atoms with Crippen molar-refractivity contribution in [3.63, 3.8) is 0 Å². The van der Waals surface area contributed by atoms with E-state index in [2.05, 4.69) is 10.6 Å². The van der Waals surface area contributed by atoms with Crippen LogP contribution >= 0.6 is 11.6 Å². The molecule has 1 aromatic carbocycles. The largest absolute Gasteiger partial charge is 0.322 e. The van der Waals surface area contributed by atoms with Crippen LogP contribution in [-0.2, 0) is 0 Å². The summed E-state index contributed by atoms with van der Waals surface area (Å²) in [7, 11) is 0. The summed E-state index contributed by atoms with van der Waals surface area (Å²) in [5, 5.41) is 6.73. The minimum Gasteiger partial charge on any atom is -0.319 e. The quantitative estimate of drug-likeness (QED) is 0.806. The van der Waals surface area contributed by atoms with Crippen molar-refractivity contribution in [2.45, 2.75) is 13.0 Å². The summed E-state index contributed by atoms with van der Waals surface area (Å²) < 4.78 is 0. The second-order valence-electron chi connectivity index (χ2n) is 4.19. The minimum atomic E-state index is -0.0683. The van der Waals surface area contributed by atoms with Gasteiger partial charge in [0.05, 0.1) is 0 Å². The Bertz CT molecular complexity index is 410. The predicted molar refractivity (Wildman–Crippen MR) is 69.5 cm³/mol. The summed E-state index contributed by atoms with van der Waals surface area (Å²) in [6.07, 6.45) is 0. The van der Waals surface area contributed by atoms with Crippen molar-refractivity contribution in [2.24, 2.45) is 0 Å². The third-order valence-corrected chi connectivity index (χ3v) is 3.07. The van der Waals surface area contributed by atoms with Gasteiger partial charge in [0, 0.05) is 36.4 Å². The van der Waals surface area contributed by atoms with E-state index in [0.717, 1.165) is 25.3 Å². The van der Waals surface area contributed by atoms with Gasteiger partial charge in [-0.2, -0.15) is 0 Å². The highest BCUT2D eigenvalue weighted by Crippen LogP contribution is 2.16. The predicted octanol–water partition coefficient (Wildman–Crippen LogP) is 2.17. The van der Waals surface area contributed by atoms with Crippen LogP contribution in [0, 0.1) is 0 Å². The number of carbonyl (C=O) groups excluding carboxylic acids is 1. The Morgan fingerprint density at radius 3 is 3.12 bits per heavy atom. The molecular formula is C12H16ClN3O. The van der Waals surface area contributed by atoms with E-state index in [4.69, 9.17) is 11.6 Å². The number of piperazine rings is 1. The summed E-state index contributed by atoms with van der Waals surface area (Å²) in [4.78, 5) is 13.9. The number of hydrogen-bond donors (Lipinski definition) is 2. The van der Waals surface area contributed by atoms with Gasteiger partial charge in [0.15, 0.2) is 0 Å². The number of urea groups is 1. The molecule has 2 amide bonds. The van der Waals surface area contributed by atoms with Crippen molar-refractivity contribution in [3.8, 4) is 0 Å². The first kappa shape index (κ1) is 12.2. The van der Waals surface area contributed by atoms with E-state index in [9.17, 15) is 4.79 Å². The van der Waals surface area contributed by atoms with Crippen molar-refractivity contribution in [3.05, 3.63) is 29.3 Å². The van der Waals surface area contributed by atoms with E-state index < -0.39 is 0 Å². The van der Waals surface area contributed by atoms with Crippen LogP contribution in [0.5, 0.6) is 0 Å². The lowest BCUT2D eigenvalue weighted by Gasteiger charge is -2.33. The molecule has 0 bridgehead atoms. The van der Waals surface area contributed by atoms with Gasteiger partial charge in [0.25, 0.3) is 0 Å². The Morgan fingerprint density at radius 2 is 2.41 bits per heavy atom. The van der Waals surface area contributed by atoms with E-state index in [0.29, 0.717) is 5.02 Å². The van der Waals surface area contributed by atoms with Crippen molar-refractivity contribution in [1.82, 2.24) is 10.2 Å². The van der Waals surface area contributed by atoms with Crippen LogP contribution in [-0.4, -0.2) is 36.6 Å². The van der Waals surface area contributed by atoms with Gasteiger partial charge in [0.1, 0.15) is 0 Å². The van der Waals surface area contributed by atoms with Crippen LogP contribution in [0.2, 0.25) is 5.02 Å². The second kappa shape index (κ2) is 5.38. The standard InChI is InChI=1S/C12H16ClN3O/c1-9-8-14-5-6-16(9)12(17)15-11-4-2-3-10(13)7-11/h2-4,7,9,14H,5-6,8H2,1H3,(H,15,17). The molecule has 1 heterocycles. The number of amides is 2. The van der Waals surface area contributed by atoms with Gasteiger partial charge in [-0.1, -0.05) is 17.7 Å². The van der Waals surface area contributed by atoms with Crippen LogP contribution in [0.25, 0.3) is 0 Å². The van der Waals surface area contributed by atoms with Crippen molar-refractivity contribution >= 4 is 23.3 Å². The molecule has 1 atom stereocenters. The lowest BCUT2D eigenvalue weighted by atomic mass is 10.2. The molecule has 0 aromatic heterocycles. The molecule has 0 saturated carbocycles. The van der Waals surface area contributed by atoms with E-state index in [-0.39, 0.29) is 12.1 Å². The number of benzene rings is 1. The van der Waals surface area contributed by atoms with Crippen molar-refractivity contribution in [2.75, 3.05) is 25.0 Å². The molecule has 2 rings (SSSR count). The summed E-state index contributed by atoms with van der Waals surface area (Å²) >= 11 is 5.87. The Hall–Kier alpha value is -1.26. The molecule has 1 unspecified atom stereocenters. The zero-order chi connectivity index (χ0) is 12.3.